The van der Waals surface area contributed by atoms with Gasteiger partial charge in [0.2, 0.25) is 5.91 Å². The Kier molecular flexibility index (Phi) is 5.36. The number of rotatable bonds is 6. The van der Waals surface area contributed by atoms with E-state index < -0.39 is 11.7 Å². The lowest BCUT2D eigenvalue weighted by Gasteiger charge is -2.24. The van der Waals surface area contributed by atoms with Gasteiger partial charge in [0.15, 0.2) is 0 Å². The SMILES string of the molecule is CC(C)CN(C(=O)CSc1ccc(C(F)(F)F)cn1)C1CC1. The molecule has 7 heteroatoms. The Morgan fingerprint density at radius 3 is 2.55 bits per heavy atom. The van der Waals surface area contributed by atoms with E-state index in [1.165, 1.54) is 17.8 Å². The third kappa shape index (κ3) is 4.90. The van der Waals surface area contributed by atoms with Crippen molar-refractivity contribution >= 4 is 17.7 Å². The number of alkyl halides is 3. The molecule has 1 heterocycles. The van der Waals surface area contributed by atoms with Crippen molar-refractivity contribution in [2.24, 2.45) is 5.92 Å². The molecule has 1 aliphatic carbocycles. The van der Waals surface area contributed by atoms with Crippen LogP contribution in [0, 0.1) is 5.92 Å². The summed E-state index contributed by atoms with van der Waals surface area (Å²) in [6.07, 6.45) is -1.49. The first-order valence-corrected chi connectivity index (χ1v) is 8.21. The van der Waals surface area contributed by atoms with Gasteiger partial charge in [0.05, 0.1) is 16.3 Å². The summed E-state index contributed by atoms with van der Waals surface area (Å²) in [5, 5.41) is 0.432. The van der Waals surface area contributed by atoms with Crippen molar-refractivity contribution in [3.63, 3.8) is 0 Å². The second kappa shape index (κ2) is 6.89. The quantitative estimate of drug-likeness (QED) is 0.742. The summed E-state index contributed by atoms with van der Waals surface area (Å²) < 4.78 is 37.3. The van der Waals surface area contributed by atoms with Crippen molar-refractivity contribution < 1.29 is 18.0 Å². The van der Waals surface area contributed by atoms with Crippen LogP contribution in [0.3, 0.4) is 0 Å². The van der Waals surface area contributed by atoms with E-state index in [0.29, 0.717) is 17.0 Å². The normalized spacial score (nSPS) is 15.2. The number of carbonyl (C=O) groups is 1. The van der Waals surface area contributed by atoms with Crippen molar-refractivity contribution in [2.75, 3.05) is 12.3 Å². The summed E-state index contributed by atoms with van der Waals surface area (Å²) in [4.78, 5) is 17.9. The topological polar surface area (TPSA) is 33.2 Å². The molecule has 1 fully saturated rings. The van der Waals surface area contributed by atoms with E-state index in [2.05, 4.69) is 18.8 Å². The monoisotopic (exact) mass is 332 g/mol. The molecule has 0 unspecified atom stereocenters. The lowest BCUT2D eigenvalue weighted by molar-refractivity contribution is -0.138. The zero-order chi connectivity index (χ0) is 16.3. The number of halogens is 3. The molecular formula is C15H19F3N2OS. The van der Waals surface area contributed by atoms with Crippen molar-refractivity contribution in [3.05, 3.63) is 23.9 Å². The average molecular weight is 332 g/mol. The minimum atomic E-state index is -4.38. The van der Waals surface area contributed by atoms with Gasteiger partial charge in [-0.05, 0) is 30.9 Å². The van der Waals surface area contributed by atoms with Gasteiger partial charge in [-0.3, -0.25) is 4.79 Å². The molecule has 0 atom stereocenters. The molecule has 1 aromatic heterocycles. The summed E-state index contributed by atoms with van der Waals surface area (Å²) in [6, 6.07) is 2.65. The minimum absolute atomic E-state index is 0.0305. The van der Waals surface area contributed by atoms with Gasteiger partial charge in [0, 0.05) is 18.8 Å². The lowest BCUT2D eigenvalue weighted by atomic mass is 10.2. The highest BCUT2D eigenvalue weighted by Gasteiger charge is 2.33. The minimum Gasteiger partial charge on any atom is -0.339 e. The first-order valence-electron chi connectivity index (χ1n) is 7.23. The van der Waals surface area contributed by atoms with E-state index in [4.69, 9.17) is 0 Å². The Morgan fingerprint density at radius 1 is 1.41 bits per heavy atom. The number of pyridine rings is 1. The number of nitrogens with zero attached hydrogens (tertiary/aromatic N) is 2. The molecule has 0 bridgehead atoms. The highest BCUT2D eigenvalue weighted by Crippen LogP contribution is 2.31. The Balaban J connectivity index is 1.90. The summed E-state index contributed by atoms with van der Waals surface area (Å²) in [5.74, 6) is 0.642. The third-order valence-electron chi connectivity index (χ3n) is 3.28. The van der Waals surface area contributed by atoms with E-state index in [9.17, 15) is 18.0 Å². The maximum Gasteiger partial charge on any atom is 0.417 e. The molecule has 0 spiro atoms. The van der Waals surface area contributed by atoms with Gasteiger partial charge in [0.25, 0.3) is 0 Å². The highest BCUT2D eigenvalue weighted by molar-refractivity contribution is 7.99. The van der Waals surface area contributed by atoms with Gasteiger partial charge in [-0.2, -0.15) is 13.2 Å². The summed E-state index contributed by atoms with van der Waals surface area (Å²) in [5.41, 5.74) is -0.775. The molecule has 3 nitrogen and oxygen atoms in total. The molecule has 0 aliphatic heterocycles. The number of aromatic nitrogens is 1. The van der Waals surface area contributed by atoms with Crippen LogP contribution in [0.15, 0.2) is 23.4 Å². The molecule has 1 amide bonds. The molecule has 122 valence electrons. The van der Waals surface area contributed by atoms with Crippen LogP contribution in [0.2, 0.25) is 0 Å². The number of carbonyl (C=O) groups excluding carboxylic acids is 1. The lowest BCUT2D eigenvalue weighted by Crippen LogP contribution is -2.37. The van der Waals surface area contributed by atoms with Crippen LogP contribution in [0.4, 0.5) is 13.2 Å². The molecule has 1 aromatic rings. The van der Waals surface area contributed by atoms with E-state index >= 15 is 0 Å². The second-order valence-corrected chi connectivity index (χ2v) is 6.84. The van der Waals surface area contributed by atoms with Gasteiger partial charge in [-0.15, -0.1) is 0 Å². The first kappa shape index (κ1) is 17.1. The fourth-order valence-electron chi connectivity index (χ4n) is 2.09. The Hall–Kier alpha value is -1.24. The van der Waals surface area contributed by atoms with Gasteiger partial charge in [0.1, 0.15) is 0 Å². The molecule has 0 radical (unpaired) electrons. The fourth-order valence-corrected chi connectivity index (χ4v) is 2.81. The van der Waals surface area contributed by atoms with Crippen LogP contribution >= 0.6 is 11.8 Å². The molecular weight excluding hydrogens is 313 g/mol. The van der Waals surface area contributed by atoms with Gasteiger partial charge < -0.3 is 4.90 Å². The maximum absolute atomic E-state index is 12.4. The van der Waals surface area contributed by atoms with E-state index in [-0.39, 0.29) is 11.7 Å². The average Bonchev–Trinajstić information content (AvgIpc) is 3.26. The van der Waals surface area contributed by atoms with Crippen molar-refractivity contribution in [1.82, 2.24) is 9.88 Å². The molecule has 1 saturated carbocycles. The Labute approximate surface area is 132 Å². The zero-order valence-corrected chi connectivity index (χ0v) is 13.4. The van der Waals surface area contributed by atoms with Crippen LogP contribution in [0.25, 0.3) is 0 Å². The Bertz CT molecular complexity index is 513. The Morgan fingerprint density at radius 2 is 2.09 bits per heavy atom. The van der Waals surface area contributed by atoms with Crippen LogP contribution in [0.5, 0.6) is 0 Å². The van der Waals surface area contributed by atoms with E-state index in [1.807, 2.05) is 4.90 Å². The van der Waals surface area contributed by atoms with Crippen LogP contribution in [0.1, 0.15) is 32.3 Å². The standard InChI is InChI=1S/C15H19F3N2OS/c1-10(2)8-20(12-4-5-12)14(21)9-22-13-6-3-11(7-19-13)15(16,17)18/h3,6-7,10,12H,4-5,8-9H2,1-2H3. The first-order chi connectivity index (χ1) is 10.3. The largest absolute Gasteiger partial charge is 0.417 e. The molecule has 1 aliphatic rings. The molecule has 0 aromatic carbocycles. The summed E-state index contributed by atoms with van der Waals surface area (Å²) in [6.45, 7) is 4.85. The number of amides is 1. The van der Waals surface area contributed by atoms with Gasteiger partial charge in [-0.25, -0.2) is 4.98 Å². The summed E-state index contributed by atoms with van der Waals surface area (Å²) in [7, 11) is 0. The van der Waals surface area contributed by atoms with Gasteiger partial charge in [-0.1, -0.05) is 25.6 Å². The van der Waals surface area contributed by atoms with Gasteiger partial charge >= 0.3 is 6.18 Å². The predicted octanol–water partition coefficient (Wildman–Crippen LogP) is 3.84. The molecule has 2 rings (SSSR count). The van der Waals surface area contributed by atoms with E-state index in [1.54, 1.807) is 0 Å². The van der Waals surface area contributed by atoms with Crippen molar-refractivity contribution in [3.8, 4) is 0 Å². The number of thioether (sulfide) groups is 1. The predicted molar refractivity (Wildman–Crippen MR) is 79.5 cm³/mol. The van der Waals surface area contributed by atoms with Crippen molar-refractivity contribution in [2.45, 2.75) is 43.9 Å². The second-order valence-electron chi connectivity index (χ2n) is 5.84. The maximum atomic E-state index is 12.4. The number of hydrogen-bond acceptors (Lipinski definition) is 3. The molecule has 0 N–H and O–H groups in total. The van der Waals surface area contributed by atoms with Crippen molar-refractivity contribution in [1.29, 1.82) is 0 Å². The fraction of sp³-hybridized carbons (Fsp3) is 0.600. The smallest absolute Gasteiger partial charge is 0.339 e. The van der Waals surface area contributed by atoms with Crippen LogP contribution in [-0.4, -0.2) is 34.1 Å². The third-order valence-corrected chi connectivity index (χ3v) is 4.21. The van der Waals surface area contributed by atoms with Crippen LogP contribution < -0.4 is 0 Å². The number of hydrogen-bond donors (Lipinski definition) is 0. The highest BCUT2D eigenvalue weighted by atomic mass is 32.2. The molecule has 22 heavy (non-hydrogen) atoms. The van der Waals surface area contributed by atoms with Crippen LogP contribution in [-0.2, 0) is 11.0 Å². The summed E-state index contributed by atoms with van der Waals surface area (Å²) >= 11 is 1.18. The zero-order valence-electron chi connectivity index (χ0n) is 12.6. The van der Waals surface area contributed by atoms with E-state index in [0.717, 1.165) is 31.6 Å². The molecule has 0 saturated heterocycles.